The molecule has 134 valence electrons. The Balaban J connectivity index is 1.64. The van der Waals surface area contributed by atoms with Crippen LogP contribution in [0.4, 0.5) is 11.5 Å². The van der Waals surface area contributed by atoms with Crippen molar-refractivity contribution < 1.29 is 4.79 Å². The van der Waals surface area contributed by atoms with Crippen molar-refractivity contribution in [1.82, 2.24) is 15.3 Å². The van der Waals surface area contributed by atoms with E-state index < -0.39 is 0 Å². The van der Waals surface area contributed by atoms with Crippen molar-refractivity contribution in [3.05, 3.63) is 45.9 Å². The van der Waals surface area contributed by atoms with Crippen molar-refractivity contribution in [2.75, 3.05) is 36.4 Å². The Kier molecular flexibility index (Phi) is 5.14. The zero-order valence-electron chi connectivity index (χ0n) is 14.0. The van der Waals surface area contributed by atoms with Crippen LogP contribution in [0, 0.1) is 0 Å². The molecule has 1 aliphatic heterocycles. The fourth-order valence-electron chi connectivity index (χ4n) is 2.94. The summed E-state index contributed by atoms with van der Waals surface area (Å²) in [5.74, 6) is 0.654. The summed E-state index contributed by atoms with van der Waals surface area (Å²) < 4.78 is 0.844. The van der Waals surface area contributed by atoms with E-state index in [1.54, 1.807) is 6.20 Å². The van der Waals surface area contributed by atoms with Crippen molar-refractivity contribution in [3.8, 4) is 0 Å². The minimum Gasteiger partial charge on any atom is -0.354 e. The molecule has 6 nitrogen and oxygen atoms in total. The number of rotatable bonds is 3. The van der Waals surface area contributed by atoms with Crippen LogP contribution < -0.4 is 15.5 Å². The van der Waals surface area contributed by atoms with Crippen LogP contribution in [0.3, 0.4) is 0 Å². The quantitative estimate of drug-likeness (QED) is 0.663. The van der Waals surface area contributed by atoms with Gasteiger partial charge in [-0.2, -0.15) is 0 Å². The van der Waals surface area contributed by atoms with Gasteiger partial charge in [0, 0.05) is 29.5 Å². The molecule has 0 atom stereocenters. The van der Waals surface area contributed by atoms with Crippen LogP contribution in [0.1, 0.15) is 16.8 Å². The minimum atomic E-state index is -0.174. The SMILES string of the molecule is O=C(Nc1ccccc1Br)c1csc2ncc(N3CCCNCC3)nc12. The molecular formula is C18H18BrN5OS. The molecule has 1 aliphatic rings. The Morgan fingerprint density at radius 2 is 2.15 bits per heavy atom. The number of carbonyl (C=O) groups is 1. The van der Waals surface area contributed by atoms with Gasteiger partial charge in [0.25, 0.3) is 5.91 Å². The topological polar surface area (TPSA) is 70.2 Å². The van der Waals surface area contributed by atoms with Crippen LogP contribution in [0.5, 0.6) is 0 Å². The van der Waals surface area contributed by atoms with Gasteiger partial charge in [0.1, 0.15) is 16.2 Å². The number of benzene rings is 1. The van der Waals surface area contributed by atoms with Crippen LogP contribution >= 0.6 is 27.3 Å². The largest absolute Gasteiger partial charge is 0.354 e. The van der Waals surface area contributed by atoms with Crippen molar-refractivity contribution in [3.63, 3.8) is 0 Å². The number of anilines is 2. The third kappa shape index (κ3) is 3.58. The molecule has 2 N–H and O–H groups in total. The van der Waals surface area contributed by atoms with Crippen LogP contribution in [0.15, 0.2) is 40.3 Å². The first kappa shape index (κ1) is 17.4. The molecule has 2 aromatic heterocycles. The van der Waals surface area contributed by atoms with Gasteiger partial charge >= 0.3 is 0 Å². The first-order valence-electron chi connectivity index (χ1n) is 8.48. The number of carbonyl (C=O) groups excluding carboxylic acids is 1. The van der Waals surface area contributed by atoms with Crippen LogP contribution in [-0.4, -0.2) is 42.1 Å². The summed E-state index contributed by atoms with van der Waals surface area (Å²) in [5.41, 5.74) is 1.96. The second-order valence-electron chi connectivity index (χ2n) is 6.06. The second kappa shape index (κ2) is 7.69. The lowest BCUT2D eigenvalue weighted by Gasteiger charge is -2.20. The molecule has 0 unspecified atom stereocenters. The summed E-state index contributed by atoms with van der Waals surface area (Å²) in [4.78, 5) is 25.0. The van der Waals surface area contributed by atoms with E-state index in [1.807, 2.05) is 29.6 Å². The standard InChI is InChI=1S/C18H18BrN5OS/c19-13-4-1-2-5-14(13)22-17(25)12-11-26-18-16(12)23-15(10-21-18)24-8-3-6-20-7-9-24/h1-2,4-5,10-11,20H,3,6-9H2,(H,22,25). The smallest absolute Gasteiger partial charge is 0.258 e. The van der Waals surface area contributed by atoms with Gasteiger partial charge in [0.05, 0.1) is 17.4 Å². The number of amides is 1. The Bertz CT molecular complexity index is 936. The van der Waals surface area contributed by atoms with E-state index in [2.05, 4.69) is 36.4 Å². The maximum atomic E-state index is 12.8. The first-order valence-corrected chi connectivity index (χ1v) is 10.2. The van der Waals surface area contributed by atoms with Crippen LogP contribution in [-0.2, 0) is 0 Å². The molecule has 0 bridgehead atoms. The van der Waals surface area contributed by atoms with Crippen molar-refractivity contribution in [2.24, 2.45) is 0 Å². The molecule has 1 aromatic carbocycles. The van der Waals surface area contributed by atoms with Crippen LogP contribution in [0.2, 0.25) is 0 Å². The molecule has 26 heavy (non-hydrogen) atoms. The van der Waals surface area contributed by atoms with Gasteiger partial charge in [0.15, 0.2) is 0 Å². The number of thiophene rings is 1. The predicted octanol–water partition coefficient (Wildman–Crippen LogP) is 3.51. The van der Waals surface area contributed by atoms with Gasteiger partial charge in [-0.3, -0.25) is 4.79 Å². The molecule has 0 spiro atoms. The molecule has 4 rings (SSSR count). The van der Waals surface area contributed by atoms with Gasteiger partial charge in [-0.1, -0.05) is 12.1 Å². The van der Waals surface area contributed by atoms with Crippen molar-refractivity contribution in [1.29, 1.82) is 0 Å². The normalized spacial score (nSPS) is 15.0. The zero-order valence-corrected chi connectivity index (χ0v) is 16.4. The molecule has 1 saturated heterocycles. The van der Waals surface area contributed by atoms with E-state index in [9.17, 15) is 4.79 Å². The highest BCUT2D eigenvalue weighted by atomic mass is 79.9. The Labute approximate surface area is 163 Å². The third-order valence-electron chi connectivity index (χ3n) is 4.30. The molecule has 0 radical (unpaired) electrons. The van der Waals surface area contributed by atoms with E-state index in [1.165, 1.54) is 11.3 Å². The van der Waals surface area contributed by atoms with E-state index >= 15 is 0 Å². The third-order valence-corrected chi connectivity index (χ3v) is 5.87. The van der Waals surface area contributed by atoms with E-state index in [-0.39, 0.29) is 5.91 Å². The van der Waals surface area contributed by atoms with Gasteiger partial charge < -0.3 is 15.5 Å². The number of halogens is 1. The Hall–Kier alpha value is -2.03. The van der Waals surface area contributed by atoms with E-state index in [0.717, 1.165) is 53.4 Å². The molecule has 3 aromatic rings. The number of nitrogens with one attached hydrogen (secondary N) is 2. The van der Waals surface area contributed by atoms with E-state index in [4.69, 9.17) is 4.98 Å². The predicted molar refractivity (Wildman–Crippen MR) is 109 cm³/mol. The molecule has 3 heterocycles. The molecule has 1 fully saturated rings. The van der Waals surface area contributed by atoms with Crippen LogP contribution in [0.25, 0.3) is 10.3 Å². The number of hydrogen-bond acceptors (Lipinski definition) is 6. The lowest BCUT2D eigenvalue weighted by Crippen LogP contribution is -2.28. The molecule has 1 amide bonds. The Morgan fingerprint density at radius 3 is 3.04 bits per heavy atom. The Morgan fingerprint density at radius 1 is 1.27 bits per heavy atom. The monoisotopic (exact) mass is 431 g/mol. The minimum absolute atomic E-state index is 0.174. The van der Waals surface area contributed by atoms with Gasteiger partial charge in [-0.05, 0) is 41.0 Å². The highest BCUT2D eigenvalue weighted by molar-refractivity contribution is 9.10. The lowest BCUT2D eigenvalue weighted by atomic mass is 10.2. The summed E-state index contributed by atoms with van der Waals surface area (Å²) >= 11 is 4.90. The fraction of sp³-hybridized carbons (Fsp3) is 0.278. The molecular weight excluding hydrogens is 414 g/mol. The van der Waals surface area contributed by atoms with E-state index in [0.29, 0.717) is 11.1 Å². The lowest BCUT2D eigenvalue weighted by molar-refractivity contribution is 0.102. The molecule has 0 aliphatic carbocycles. The fourth-order valence-corrected chi connectivity index (χ4v) is 4.15. The van der Waals surface area contributed by atoms with Gasteiger partial charge in [-0.15, -0.1) is 11.3 Å². The molecule has 0 saturated carbocycles. The average molecular weight is 432 g/mol. The van der Waals surface area contributed by atoms with Gasteiger partial charge in [-0.25, -0.2) is 9.97 Å². The maximum absolute atomic E-state index is 12.8. The summed E-state index contributed by atoms with van der Waals surface area (Å²) in [5, 5.41) is 8.15. The van der Waals surface area contributed by atoms with Crippen molar-refractivity contribution in [2.45, 2.75) is 6.42 Å². The highest BCUT2D eigenvalue weighted by Gasteiger charge is 2.18. The molecule has 8 heteroatoms. The summed E-state index contributed by atoms with van der Waals surface area (Å²) in [6.07, 6.45) is 2.87. The maximum Gasteiger partial charge on any atom is 0.258 e. The summed E-state index contributed by atoms with van der Waals surface area (Å²) in [6, 6.07) is 7.55. The van der Waals surface area contributed by atoms with Crippen molar-refractivity contribution >= 4 is 55.0 Å². The first-order chi connectivity index (χ1) is 12.7. The summed E-state index contributed by atoms with van der Waals surface area (Å²) in [7, 11) is 0. The number of fused-ring (bicyclic) bond motifs is 1. The highest BCUT2D eigenvalue weighted by Crippen LogP contribution is 2.27. The zero-order chi connectivity index (χ0) is 17.9. The number of aromatic nitrogens is 2. The average Bonchev–Trinajstić information content (AvgIpc) is 2.88. The number of para-hydroxylation sites is 1. The second-order valence-corrected chi connectivity index (χ2v) is 7.77. The van der Waals surface area contributed by atoms with Gasteiger partial charge in [0.2, 0.25) is 0 Å². The number of hydrogen-bond donors (Lipinski definition) is 2. The summed E-state index contributed by atoms with van der Waals surface area (Å²) in [6.45, 7) is 3.78. The number of nitrogens with zero attached hydrogens (tertiary/aromatic N) is 3.